The lowest BCUT2D eigenvalue weighted by atomic mass is 9.96. The molecule has 30 heavy (non-hydrogen) atoms. The molecule has 6 nitrogen and oxygen atoms in total. The van der Waals surface area contributed by atoms with Gasteiger partial charge in [0.15, 0.2) is 22.0 Å². The van der Waals surface area contributed by atoms with E-state index >= 15 is 0 Å². The Morgan fingerprint density at radius 3 is 2.13 bits per heavy atom. The molecule has 2 saturated heterocycles. The smallest absolute Gasteiger partial charge is 0.331 e. The molecule has 0 aromatic heterocycles. The summed E-state index contributed by atoms with van der Waals surface area (Å²) in [5, 5.41) is -1.03. The van der Waals surface area contributed by atoms with Crippen molar-refractivity contribution in [3.63, 3.8) is 0 Å². The van der Waals surface area contributed by atoms with E-state index in [0.717, 1.165) is 21.6 Å². The van der Waals surface area contributed by atoms with Crippen LogP contribution in [0.15, 0.2) is 72.3 Å². The largest absolute Gasteiger partial charge is 0.451 e. The second kappa shape index (κ2) is 7.56. The van der Waals surface area contributed by atoms with Gasteiger partial charge < -0.3 is 9.64 Å². The van der Waals surface area contributed by atoms with Gasteiger partial charge >= 0.3 is 5.97 Å². The Bertz CT molecular complexity index is 1060. The van der Waals surface area contributed by atoms with Crippen LogP contribution >= 0.6 is 11.6 Å². The molecule has 0 radical (unpaired) electrons. The predicted octanol–water partition coefficient (Wildman–Crippen LogP) is 3.19. The average molecular weight is 446 g/mol. The summed E-state index contributed by atoms with van der Waals surface area (Å²) in [6.45, 7) is 1.40. The van der Waals surface area contributed by atoms with Gasteiger partial charge in [-0.3, -0.25) is 4.79 Å². The van der Waals surface area contributed by atoms with Crippen molar-refractivity contribution in [1.82, 2.24) is 4.90 Å². The van der Waals surface area contributed by atoms with E-state index in [4.69, 9.17) is 16.3 Å². The van der Waals surface area contributed by atoms with Gasteiger partial charge in [0.1, 0.15) is 10.1 Å². The minimum atomic E-state index is -3.85. The van der Waals surface area contributed by atoms with Crippen molar-refractivity contribution in [3.8, 4) is 0 Å². The lowest BCUT2D eigenvalue weighted by molar-refractivity contribution is -0.163. The Balaban J connectivity index is 1.74. The van der Waals surface area contributed by atoms with Crippen molar-refractivity contribution in [3.05, 3.63) is 83.4 Å². The molecule has 2 heterocycles. The van der Waals surface area contributed by atoms with Gasteiger partial charge in [-0.15, -0.1) is 0 Å². The highest BCUT2D eigenvalue weighted by atomic mass is 35.5. The van der Waals surface area contributed by atoms with Gasteiger partial charge in [0.25, 0.3) is 0 Å². The monoisotopic (exact) mass is 445 g/mol. The van der Waals surface area contributed by atoms with Crippen LogP contribution in [0.2, 0.25) is 0 Å². The summed E-state index contributed by atoms with van der Waals surface area (Å²) in [6, 6.07) is 17.0. The van der Waals surface area contributed by atoms with Gasteiger partial charge in [0, 0.05) is 5.54 Å². The van der Waals surface area contributed by atoms with E-state index in [-0.39, 0.29) is 6.42 Å². The van der Waals surface area contributed by atoms with Gasteiger partial charge in [-0.05, 0) is 24.1 Å². The molecule has 0 N–H and O–H groups in total. The number of nitrogens with zero attached hydrogens (tertiary/aromatic N) is 1. The number of benzene rings is 2. The third-order valence-corrected chi connectivity index (χ3v) is 8.62. The summed E-state index contributed by atoms with van der Waals surface area (Å²) in [4.78, 5) is 26.7. The van der Waals surface area contributed by atoms with Crippen LogP contribution in [0.4, 0.5) is 0 Å². The van der Waals surface area contributed by atoms with Crippen LogP contribution in [0.3, 0.4) is 0 Å². The first-order chi connectivity index (χ1) is 14.3. The second-order valence-corrected chi connectivity index (χ2v) is 10.3. The number of carbonyl (C=O) groups excluding carboxylic acids is 2. The first-order valence-corrected chi connectivity index (χ1v) is 11.4. The number of amides is 1. The number of halogens is 1. The fraction of sp³-hybridized carbons (Fsp3) is 0.273. The van der Waals surface area contributed by atoms with E-state index in [1.54, 1.807) is 0 Å². The fourth-order valence-corrected chi connectivity index (χ4v) is 6.72. The standard InChI is InChI=1S/C22H20ClNO5S/c1-22(12-13-23)20(24-17(25)14-18(24)30(22,27)28)21(26)29-19(15-8-4-2-5-9-15)16-10-6-3-7-11-16/h2-13,18-20H,14H2,1H3/b13-12+/t18-,20+,22+/m1/s1. The number of ether oxygens (including phenoxy) is 1. The number of rotatable bonds is 5. The van der Waals surface area contributed by atoms with E-state index in [0.29, 0.717) is 0 Å². The third-order valence-electron chi connectivity index (χ3n) is 5.80. The molecule has 4 rings (SSSR count). The van der Waals surface area contributed by atoms with Crippen molar-refractivity contribution in [2.45, 2.75) is 35.6 Å². The molecular formula is C22H20ClNO5S. The zero-order valence-corrected chi connectivity index (χ0v) is 17.7. The molecule has 0 saturated carbocycles. The molecule has 2 aromatic rings. The third kappa shape index (κ3) is 3.04. The van der Waals surface area contributed by atoms with E-state index in [1.165, 1.54) is 13.0 Å². The normalized spacial score (nSPS) is 27.2. The summed E-state index contributed by atoms with van der Waals surface area (Å²) in [7, 11) is -3.85. The summed E-state index contributed by atoms with van der Waals surface area (Å²) in [6.07, 6.45) is 0.363. The van der Waals surface area contributed by atoms with E-state index < -0.39 is 44.0 Å². The maximum Gasteiger partial charge on any atom is 0.331 e. The molecule has 0 bridgehead atoms. The Morgan fingerprint density at radius 2 is 1.67 bits per heavy atom. The first-order valence-electron chi connectivity index (χ1n) is 9.44. The maximum absolute atomic E-state index is 13.4. The second-order valence-electron chi connectivity index (χ2n) is 7.52. The topological polar surface area (TPSA) is 80.8 Å². The molecule has 2 aliphatic heterocycles. The average Bonchev–Trinajstić information content (AvgIpc) is 2.88. The lowest BCUT2D eigenvalue weighted by Crippen LogP contribution is -2.57. The SMILES string of the molecule is C[C@]1(/C=C/Cl)[C@H](C(=O)OC(c2ccccc2)c2ccccc2)N2C(=O)C[C@H]2S1(=O)=O. The summed E-state index contributed by atoms with van der Waals surface area (Å²) in [5.74, 6) is -1.18. The molecule has 1 amide bonds. The van der Waals surface area contributed by atoms with Gasteiger partial charge in [-0.1, -0.05) is 72.3 Å². The van der Waals surface area contributed by atoms with Gasteiger partial charge in [0.2, 0.25) is 5.91 Å². The van der Waals surface area contributed by atoms with Crippen LogP contribution in [-0.4, -0.2) is 41.4 Å². The van der Waals surface area contributed by atoms with Gasteiger partial charge in [-0.25, -0.2) is 13.2 Å². The minimum absolute atomic E-state index is 0.140. The number of sulfone groups is 1. The number of β-lactam (4-membered cyclic amide) rings is 1. The van der Waals surface area contributed by atoms with Gasteiger partial charge in [0.05, 0.1) is 6.42 Å². The molecule has 2 aromatic carbocycles. The first kappa shape index (κ1) is 20.6. The molecule has 0 spiro atoms. The lowest BCUT2D eigenvalue weighted by Gasteiger charge is -2.36. The zero-order valence-electron chi connectivity index (χ0n) is 16.1. The molecule has 3 atom stereocenters. The molecule has 156 valence electrons. The summed E-state index contributed by atoms with van der Waals surface area (Å²) >= 11 is 5.72. The van der Waals surface area contributed by atoms with Crippen LogP contribution < -0.4 is 0 Å². The molecule has 2 fully saturated rings. The van der Waals surface area contributed by atoms with E-state index in [1.807, 2.05) is 60.7 Å². The van der Waals surface area contributed by atoms with Crippen molar-refractivity contribution in [2.24, 2.45) is 0 Å². The molecular weight excluding hydrogens is 426 g/mol. The Hall–Kier alpha value is -2.64. The summed E-state index contributed by atoms with van der Waals surface area (Å²) in [5.41, 5.74) is 2.54. The number of fused-ring (bicyclic) bond motifs is 1. The molecule has 2 aliphatic rings. The Labute approximate surface area is 180 Å². The number of hydrogen-bond acceptors (Lipinski definition) is 5. The van der Waals surface area contributed by atoms with Crippen molar-refractivity contribution >= 4 is 33.3 Å². The zero-order chi connectivity index (χ0) is 21.5. The van der Waals surface area contributed by atoms with Crippen LogP contribution in [0.25, 0.3) is 0 Å². The van der Waals surface area contributed by atoms with Crippen molar-refractivity contribution < 1.29 is 22.7 Å². The summed E-state index contributed by atoms with van der Waals surface area (Å²) < 4.78 is 30.3. The van der Waals surface area contributed by atoms with Crippen molar-refractivity contribution in [1.29, 1.82) is 0 Å². The minimum Gasteiger partial charge on any atom is -0.451 e. The van der Waals surface area contributed by atoms with Crippen molar-refractivity contribution in [2.75, 3.05) is 0 Å². The highest BCUT2D eigenvalue weighted by Crippen LogP contribution is 2.47. The number of esters is 1. The Kier molecular flexibility index (Phi) is 5.20. The highest BCUT2D eigenvalue weighted by molar-refractivity contribution is 7.94. The van der Waals surface area contributed by atoms with Crippen LogP contribution in [-0.2, 0) is 24.2 Å². The fourth-order valence-electron chi connectivity index (χ4n) is 4.12. The van der Waals surface area contributed by atoms with E-state index in [9.17, 15) is 18.0 Å². The number of hydrogen-bond donors (Lipinski definition) is 0. The molecule has 0 aliphatic carbocycles. The molecule has 8 heteroatoms. The van der Waals surface area contributed by atoms with E-state index in [2.05, 4.69) is 0 Å². The van der Waals surface area contributed by atoms with Crippen LogP contribution in [0, 0.1) is 0 Å². The Morgan fingerprint density at radius 1 is 1.13 bits per heavy atom. The molecule has 0 unspecified atom stereocenters. The van der Waals surface area contributed by atoms with Gasteiger partial charge in [-0.2, -0.15) is 0 Å². The quantitative estimate of drug-likeness (QED) is 0.521. The number of carbonyl (C=O) groups is 2. The van der Waals surface area contributed by atoms with Crippen LogP contribution in [0.1, 0.15) is 30.6 Å². The predicted molar refractivity (Wildman–Crippen MR) is 112 cm³/mol. The maximum atomic E-state index is 13.4. The highest BCUT2D eigenvalue weighted by Gasteiger charge is 2.69. The van der Waals surface area contributed by atoms with Crippen LogP contribution in [0.5, 0.6) is 0 Å².